The number of aliphatic hydroxyl groups excluding tert-OH is 1. The Bertz CT molecular complexity index is 251. The summed E-state index contributed by atoms with van der Waals surface area (Å²) in [5.74, 6) is 0.298. The molecule has 2 aliphatic rings. The first-order valence-electron chi connectivity index (χ1n) is 5.31. The van der Waals surface area contributed by atoms with Crippen LogP contribution in [0.25, 0.3) is 0 Å². The molecule has 2 heterocycles. The third-order valence-electron chi connectivity index (χ3n) is 3.22. The minimum absolute atomic E-state index is 0.401. The Labute approximate surface area is 84.7 Å². The van der Waals surface area contributed by atoms with Crippen LogP contribution in [0.5, 0.6) is 0 Å². The Hall–Kier alpha value is -0.540. The average molecular weight is 198 g/mol. The Morgan fingerprint density at radius 1 is 1.36 bits per heavy atom. The molecule has 0 radical (unpaired) electrons. The maximum Gasteiger partial charge on any atom is 0.212 e. The van der Waals surface area contributed by atoms with E-state index in [1.54, 1.807) is 0 Å². The zero-order valence-corrected chi connectivity index (χ0v) is 8.88. The van der Waals surface area contributed by atoms with Crippen molar-refractivity contribution in [1.29, 1.82) is 0 Å². The fourth-order valence-electron chi connectivity index (χ4n) is 2.15. The predicted octanol–water partition coefficient (Wildman–Crippen LogP) is 1.96. The third kappa shape index (κ3) is 1.66. The highest BCUT2D eigenvalue weighted by atomic mass is 16.7. The van der Waals surface area contributed by atoms with Crippen LogP contribution in [0, 0.1) is 0 Å². The molecule has 1 N–H and O–H groups in total. The van der Waals surface area contributed by atoms with Crippen molar-refractivity contribution in [3.8, 4) is 0 Å². The van der Waals surface area contributed by atoms with Gasteiger partial charge in [0.25, 0.3) is 0 Å². The van der Waals surface area contributed by atoms with Crippen molar-refractivity contribution < 1.29 is 14.6 Å². The molecule has 80 valence electrons. The van der Waals surface area contributed by atoms with Gasteiger partial charge in [-0.3, -0.25) is 0 Å². The summed E-state index contributed by atoms with van der Waals surface area (Å²) >= 11 is 0. The van der Waals surface area contributed by atoms with Crippen LogP contribution in [0.15, 0.2) is 11.3 Å². The lowest BCUT2D eigenvalue weighted by atomic mass is 9.93. The third-order valence-corrected chi connectivity index (χ3v) is 3.22. The molecule has 0 aromatic rings. The van der Waals surface area contributed by atoms with E-state index in [1.165, 1.54) is 0 Å². The molecule has 2 unspecified atom stereocenters. The van der Waals surface area contributed by atoms with Crippen LogP contribution >= 0.6 is 0 Å². The Morgan fingerprint density at radius 2 is 2.14 bits per heavy atom. The van der Waals surface area contributed by atoms with Crippen LogP contribution in [-0.4, -0.2) is 23.6 Å². The number of allylic oxidation sites excluding steroid dienone is 1. The summed E-state index contributed by atoms with van der Waals surface area (Å²) in [6.07, 6.45) is 3.30. The van der Waals surface area contributed by atoms with Crippen molar-refractivity contribution in [2.24, 2.45) is 0 Å². The fraction of sp³-hybridized carbons (Fsp3) is 0.818. The van der Waals surface area contributed by atoms with Crippen LogP contribution < -0.4 is 0 Å². The summed E-state index contributed by atoms with van der Waals surface area (Å²) in [6.45, 7) is 4.56. The van der Waals surface area contributed by atoms with Gasteiger partial charge in [0, 0.05) is 12.8 Å². The molecule has 2 aliphatic heterocycles. The lowest BCUT2D eigenvalue weighted by molar-refractivity contribution is -0.255. The first-order chi connectivity index (χ1) is 6.63. The topological polar surface area (TPSA) is 38.7 Å². The van der Waals surface area contributed by atoms with Gasteiger partial charge in [0.15, 0.2) is 0 Å². The van der Waals surface area contributed by atoms with E-state index in [0.717, 1.165) is 37.2 Å². The Morgan fingerprint density at radius 3 is 2.71 bits per heavy atom. The van der Waals surface area contributed by atoms with Crippen molar-refractivity contribution >= 4 is 0 Å². The summed E-state index contributed by atoms with van der Waals surface area (Å²) in [6, 6.07) is 0. The SMILES string of the molecule is CC1=C(C)C(O)CC2(CCCCO2)O1. The molecule has 1 saturated heterocycles. The van der Waals surface area contributed by atoms with E-state index >= 15 is 0 Å². The van der Waals surface area contributed by atoms with Crippen LogP contribution in [0.1, 0.15) is 39.5 Å². The highest BCUT2D eigenvalue weighted by molar-refractivity contribution is 5.14. The van der Waals surface area contributed by atoms with E-state index in [0.29, 0.717) is 6.42 Å². The Kier molecular flexibility index (Phi) is 2.54. The van der Waals surface area contributed by atoms with Gasteiger partial charge in [0.2, 0.25) is 5.79 Å². The second-order valence-electron chi connectivity index (χ2n) is 4.28. The number of hydrogen-bond acceptors (Lipinski definition) is 3. The molecule has 0 aromatic carbocycles. The minimum atomic E-state index is -0.527. The monoisotopic (exact) mass is 198 g/mol. The Balaban J connectivity index is 2.17. The van der Waals surface area contributed by atoms with E-state index in [1.807, 2.05) is 13.8 Å². The zero-order valence-electron chi connectivity index (χ0n) is 8.88. The first kappa shape index (κ1) is 9.99. The molecule has 2 atom stereocenters. The van der Waals surface area contributed by atoms with Crippen LogP contribution in [-0.2, 0) is 9.47 Å². The lowest BCUT2D eigenvalue weighted by Crippen LogP contribution is -2.45. The number of aliphatic hydroxyl groups is 1. The smallest absolute Gasteiger partial charge is 0.212 e. The van der Waals surface area contributed by atoms with Gasteiger partial charge in [-0.2, -0.15) is 0 Å². The van der Waals surface area contributed by atoms with Gasteiger partial charge in [0.05, 0.1) is 18.5 Å². The van der Waals surface area contributed by atoms with Gasteiger partial charge in [-0.1, -0.05) is 0 Å². The fourth-order valence-corrected chi connectivity index (χ4v) is 2.15. The molecule has 14 heavy (non-hydrogen) atoms. The quantitative estimate of drug-likeness (QED) is 0.646. The molecule has 1 fully saturated rings. The largest absolute Gasteiger partial charge is 0.467 e. The van der Waals surface area contributed by atoms with Gasteiger partial charge >= 0.3 is 0 Å². The minimum Gasteiger partial charge on any atom is -0.467 e. The summed E-state index contributed by atoms with van der Waals surface area (Å²) in [5, 5.41) is 9.85. The predicted molar refractivity (Wildman–Crippen MR) is 52.6 cm³/mol. The molecule has 0 saturated carbocycles. The van der Waals surface area contributed by atoms with E-state index in [4.69, 9.17) is 9.47 Å². The molecule has 3 heteroatoms. The van der Waals surface area contributed by atoms with Crippen molar-refractivity contribution in [1.82, 2.24) is 0 Å². The first-order valence-corrected chi connectivity index (χ1v) is 5.31. The molecule has 3 nitrogen and oxygen atoms in total. The molecule has 0 aromatic heterocycles. The maximum atomic E-state index is 9.85. The van der Waals surface area contributed by atoms with Crippen molar-refractivity contribution in [2.45, 2.75) is 51.4 Å². The van der Waals surface area contributed by atoms with E-state index < -0.39 is 11.9 Å². The molecule has 0 amide bonds. The van der Waals surface area contributed by atoms with Crippen molar-refractivity contribution in [3.05, 3.63) is 11.3 Å². The summed E-state index contributed by atoms with van der Waals surface area (Å²) in [4.78, 5) is 0. The van der Waals surface area contributed by atoms with Crippen molar-refractivity contribution in [3.63, 3.8) is 0 Å². The van der Waals surface area contributed by atoms with Crippen LogP contribution in [0.3, 0.4) is 0 Å². The van der Waals surface area contributed by atoms with Gasteiger partial charge < -0.3 is 14.6 Å². The molecular formula is C11H18O3. The van der Waals surface area contributed by atoms with E-state index in [2.05, 4.69) is 0 Å². The summed E-state index contributed by atoms with van der Waals surface area (Å²) in [5.41, 5.74) is 0.935. The molecule has 2 rings (SSSR count). The molecule has 0 aliphatic carbocycles. The van der Waals surface area contributed by atoms with E-state index in [9.17, 15) is 5.11 Å². The lowest BCUT2D eigenvalue weighted by Gasteiger charge is -2.42. The normalized spacial score (nSPS) is 38.6. The standard InChI is InChI=1S/C11H18O3/c1-8-9(2)14-11(7-10(8)12)5-3-4-6-13-11/h10,12H,3-7H2,1-2H3. The van der Waals surface area contributed by atoms with Gasteiger partial charge in [-0.15, -0.1) is 0 Å². The molecule has 1 spiro atoms. The highest BCUT2D eigenvalue weighted by Gasteiger charge is 2.41. The number of ether oxygens (including phenoxy) is 2. The van der Waals surface area contributed by atoms with Gasteiger partial charge in [0.1, 0.15) is 0 Å². The highest BCUT2D eigenvalue weighted by Crippen LogP contribution is 2.38. The second kappa shape index (κ2) is 3.55. The zero-order chi connectivity index (χ0) is 10.2. The second-order valence-corrected chi connectivity index (χ2v) is 4.28. The summed E-state index contributed by atoms with van der Waals surface area (Å²) in [7, 11) is 0. The maximum absolute atomic E-state index is 9.85. The average Bonchev–Trinajstić information content (AvgIpc) is 2.15. The van der Waals surface area contributed by atoms with Crippen LogP contribution in [0.2, 0.25) is 0 Å². The van der Waals surface area contributed by atoms with Gasteiger partial charge in [-0.05, 0) is 32.3 Å². The van der Waals surface area contributed by atoms with E-state index in [-0.39, 0.29) is 0 Å². The summed E-state index contributed by atoms with van der Waals surface area (Å²) < 4.78 is 11.5. The van der Waals surface area contributed by atoms with Crippen molar-refractivity contribution in [2.75, 3.05) is 6.61 Å². The van der Waals surface area contributed by atoms with Crippen LogP contribution in [0.4, 0.5) is 0 Å². The van der Waals surface area contributed by atoms with Gasteiger partial charge in [-0.25, -0.2) is 0 Å². The number of hydrogen-bond donors (Lipinski definition) is 1. The molecule has 0 bridgehead atoms. The number of rotatable bonds is 0. The molecular weight excluding hydrogens is 180 g/mol.